The molecule has 3 rings (SSSR count). The Balaban J connectivity index is 1.78. The highest BCUT2D eigenvalue weighted by molar-refractivity contribution is 5.99. The van der Waals surface area contributed by atoms with Crippen molar-refractivity contribution in [3.05, 3.63) is 35.9 Å². The third kappa shape index (κ3) is 2.19. The number of carbonyl (C=O) groups is 2. The Morgan fingerprint density at radius 3 is 2.60 bits per heavy atom. The van der Waals surface area contributed by atoms with Crippen LogP contribution in [0.15, 0.2) is 30.3 Å². The highest BCUT2D eigenvalue weighted by Crippen LogP contribution is 2.57. The summed E-state index contributed by atoms with van der Waals surface area (Å²) in [5, 5.41) is 0. The number of nitrogens with zero attached hydrogens (tertiary/aromatic N) is 1. The maximum atomic E-state index is 12.6. The third-order valence-electron chi connectivity index (χ3n) is 4.60. The van der Waals surface area contributed by atoms with E-state index in [1.807, 2.05) is 30.3 Å². The zero-order valence-electron chi connectivity index (χ0n) is 11.7. The summed E-state index contributed by atoms with van der Waals surface area (Å²) >= 11 is 0. The van der Waals surface area contributed by atoms with Crippen LogP contribution in [0.5, 0.6) is 0 Å². The highest BCUT2D eigenvalue weighted by Gasteiger charge is 2.59. The first kappa shape index (κ1) is 13.2. The van der Waals surface area contributed by atoms with E-state index in [1.54, 1.807) is 4.90 Å². The van der Waals surface area contributed by atoms with E-state index < -0.39 is 5.92 Å². The number of piperidine rings is 1. The van der Waals surface area contributed by atoms with Crippen LogP contribution in [0.2, 0.25) is 0 Å². The zero-order valence-corrected chi connectivity index (χ0v) is 11.7. The number of rotatable bonds is 3. The van der Waals surface area contributed by atoms with Crippen LogP contribution in [0.3, 0.4) is 0 Å². The van der Waals surface area contributed by atoms with Crippen molar-refractivity contribution in [2.75, 3.05) is 13.7 Å². The molecule has 0 bridgehead atoms. The van der Waals surface area contributed by atoms with Gasteiger partial charge in [-0.25, -0.2) is 0 Å². The normalized spacial score (nSPS) is 23.8. The summed E-state index contributed by atoms with van der Waals surface area (Å²) in [7, 11) is 1.36. The Morgan fingerprint density at radius 1 is 1.30 bits per heavy atom. The molecule has 1 spiro atoms. The first-order valence-corrected chi connectivity index (χ1v) is 7.07. The van der Waals surface area contributed by atoms with E-state index in [1.165, 1.54) is 7.11 Å². The van der Waals surface area contributed by atoms with Crippen molar-refractivity contribution in [1.29, 1.82) is 0 Å². The first-order chi connectivity index (χ1) is 9.66. The maximum absolute atomic E-state index is 12.6. The highest BCUT2D eigenvalue weighted by atomic mass is 16.5. The Hall–Kier alpha value is -1.84. The summed E-state index contributed by atoms with van der Waals surface area (Å²) in [6, 6.07) is 9.88. The lowest BCUT2D eigenvalue weighted by Crippen LogP contribution is -2.49. The molecular formula is C16H19NO3. The van der Waals surface area contributed by atoms with Crippen LogP contribution >= 0.6 is 0 Å². The fourth-order valence-corrected chi connectivity index (χ4v) is 3.19. The van der Waals surface area contributed by atoms with E-state index in [2.05, 4.69) is 0 Å². The van der Waals surface area contributed by atoms with Crippen LogP contribution in [-0.4, -0.2) is 30.4 Å². The SMILES string of the molecule is COC(=O)C1C(=O)N(Cc2ccccc2)CCC12CC2. The lowest BCUT2D eigenvalue weighted by molar-refractivity contribution is -0.161. The van der Waals surface area contributed by atoms with Gasteiger partial charge in [-0.3, -0.25) is 9.59 Å². The van der Waals surface area contributed by atoms with E-state index >= 15 is 0 Å². The second kappa shape index (κ2) is 4.93. The maximum Gasteiger partial charge on any atom is 0.318 e. The number of carbonyl (C=O) groups excluding carboxylic acids is 2. The Kier molecular flexibility index (Phi) is 3.24. The van der Waals surface area contributed by atoms with Crippen molar-refractivity contribution in [2.45, 2.75) is 25.8 Å². The predicted molar refractivity (Wildman–Crippen MR) is 73.6 cm³/mol. The molecule has 20 heavy (non-hydrogen) atoms. The Labute approximate surface area is 118 Å². The Bertz CT molecular complexity index is 522. The fraction of sp³-hybridized carbons (Fsp3) is 0.500. The van der Waals surface area contributed by atoms with Gasteiger partial charge in [0.2, 0.25) is 5.91 Å². The van der Waals surface area contributed by atoms with Crippen LogP contribution in [0.1, 0.15) is 24.8 Å². The molecule has 1 aliphatic heterocycles. The molecule has 0 N–H and O–H groups in total. The average molecular weight is 273 g/mol. The van der Waals surface area contributed by atoms with Gasteiger partial charge < -0.3 is 9.64 Å². The van der Waals surface area contributed by atoms with Gasteiger partial charge in [0.1, 0.15) is 5.92 Å². The molecule has 4 heteroatoms. The molecule has 0 aromatic heterocycles. The van der Waals surface area contributed by atoms with Gasteiger partial charge in [0.25, 0.3) is 0 Å². The number of esters is 1. The summed E-state index contributed by atoms with van der Waals surface area (Å²) in [4.78, 5) is 26.4. The predicted octanol–water partition coefficient (Wildman–Crippen LogP) is 1.99. The zero-order chi connectivity index (χ0) is 14.2. The van der Waals surface area contributed by atoms with Gasteiger partial charge in [-0.05, 0) is 30.2 Å². The monoisotopic (exact) mass is 273 g/mol. The molecule has 1 heterocycles. The number of likely N-dealkylation sites (tertiary alicyclic amines) is 1. The number of methoxy groups -OCH3 is 1. The average Bonchev–Trinajstić information content (AvgIpc) is 3.23. The molecule has 4 nitrogen and oxygen atoms in total. The molecule has 1 aliphatic carbocycles. The molecule has 1 saturated carbocycles. The van der Waals surface area contributed by atoms with Gasteiger partial charge in [0, 0.05) is 13.1 Å². The van der Waals surface area contributed by atoms with Crippen LogP contribution in [0, 0.1) is 11.3 Å². The molecule has 2 fully saturated rings. The van der Waals surface area contributed by atoms with Crippen LogP contribution < -0.4 is 0 Å². The van der Waals surface area contributed by atoms with E-state index in [4.69, 9.17) is 4.74 Å². The minimum atomic E-state index is -0.593. The third-order valence-corrected chi connectivity index (χ3v) is 4.60. The van der Waals surface area contributed by atoms with Gasteiger partial charge in [-0.2, -0.15) is 0 Å². The molecule has 1 saturated heterocycles. The topological polar surface area (TPSA) is 46.6 Å². The molecule has 1 amide bonds. The molecule has 1 unspecified atom stereocenters. The first-order valence-electron chi connectivity index (χ1n) is 7.07. The Morgan fingerprint density at radius 2 is 2.00 bits per heavy atom. The molecular weight excluding hydrogens is 254 g/mol. The number of ether oxygens (including phenoxy) is 1. The summed E-state index contributed by atoms with van der Waals surface area (Å²) < 4.78 is 4.85. The summed E-state index contributed by atoms with van der Waals surface area (Å²) in [6.07, 6.45) is 2.85. The fourth-order valence-electron chi connectivity index (χ4n) is 3.19. The van der Waals surface area contributed by atoms with Crippen molar-refractivity contribution in [3.8, 4) is 0 Å². The van der Waals surface area contributed by atoms with Gasteiger partial charge in [-0.15, -0.1) is 0 Å². The molecule has 2 aliphatic rings. The van der Waals surface area contributed by atoms with E-state index in [-0.39, 0.29) is 17.3 Å². The lowest BCUT2D eigenvalue weighted by atomic mass is 9.81. The van der Waals surface area contributed by atoms with Crippen molar-refractivity contribution < 1.29 is 14.3 Å². The van der Waals surface area contributed by atoms with Gasteiger partial charge in [0.15, 0.2) is 0 Å². The number of hydrogen-bond acceptors (Lipinski definition) is 3. The van der Waals surface area contributed by atoms with Crippen LogP contribution in [0.4, 0.5) is 0 Å². The van der Waals surface area contributed by atoms with Crippen molar-refractivity contribution in [3.63, 3.8) is 0 Å². The molecule has 1 aromatic rings. The molecule has 1 atom stereocenters. The molecule has 1 aromatic carbocycles. The second-order valence-electron chi connectivity index (χ2n) is 5.81. The van der Waals surface area contributed by atoms with E-state index in [0.29, 0.717) is 6.54 Å². The standard InChI is InChI=1S/C16H19NO3/c1-20-15(19)13-14(18)17(10-9-16(13)7-8-16)11-12-5-3-2-4-6-12/h2-6,13H,7-11H2,1H3. The number of benzene rings is 1. The van der Waals surface area contributed by atoms with Crippen LogP contribution in [-0.2, 0) is 20.9 Å². The minimum absolute atomic E-state index is 0.0653. The van der Waals surface area contributed by atoms with Gasteiger partial charge >= 0.3 is 5.97 Å². The summed E-state index contributed by atoms with van der Waals surface area (Å²) in [5.41, 5.74) is 0.994. The minimum Gasteiger partial charge on any atom is -0.468 e. The van der Waals surface area contributed by atoms with Crippen LogP contribution in [0.25, 0.3) is 0 Å². The summed E-state index contributed by atoms with van der Waals surface area (Å²) in [6.45, 7) is 1.31. The smallest absolute Gasteiger partial charge is 0.318 e. The van der Waals surface area contributed by atoms with Gasteiger partial charge in [0.05, 0.1) is 7.11 Å². The second-order valence-corrected chi connectivity index (χ2v) is 5.81. The lowest BCUT2D eigenvalue weighted by Gasteiger charge is -2.36. The van der Waals surface area contributed by atoms with Crippen molar-refractivity contribution in [1.82, 2.24) is 4.90 Å². The van der Waals surface area contributed by atoms with Gasteiger partial charge in [-0.1, -0.05) is 30.3 Å². The van der Waals surface area contributed by atoms with E-state index in [0.717, 1.165) is 31.4 Å². The van der Waals surface area contributed by atoms with Crippen molar-refractivity contribution in [2.24, 2.45) is 11.3 Å². The molecule has 106 valence electrons. The quantitative estimate of drug-likeness (QED) is 0.625. The number of amides is 1. The van der Waals surface area contributed by atoms with E-state index in [9.17, 15) is 9.59 Å². The summed E-state index contributed by atoms with van der Waals surface area (Å²) in [5.74, 6) is -1.03. The largest absolute Gasteiger partial charge is 0.468 e. The number of hydrogen-bond donors (Lipinski definition) is 0. The molecule has 0 radical (unpaired) electrons. The van der Waals surface area contributed by atoms with Crippen molar-refractivity contribution >= 4 is 11.9 Å².